The zero-order chi connectivity index (χ0) is 14.8. The van der Waals surface area contributed by atoms with Gasteiger partial charge < -0.3 is 10.0 Å². The number of halogens is 3. The van der Waals surface area contributed by atoms with Gasteiger partial charge in [-0.25, -0.2) is 10.8 Å². The van der Waals surface area contributed by atoms with Gasteiger partial charge in [-0.2, -0.15) is 18.2 Å². The standard InChI is InChI=1S/C11H16F3N5O/c12-11(13,14)8-6-9(17-10(16-8)18-15)19(4-5-20)7-2-1-3-7/h6-7,20H,1-5,15H2,(H,16,17,18). The third kappa shape index (κ3) is 3.10. The Balaban J connectivity index is 2.37. The van der Waals surface area contributed by atoms with Crippen LogP contribution in [0.15, 0.2) is 6.07 Å². The van der Waals surface area contributed by atoms with Crippen molar-refractivity contribution in [2.45, 2.75) is 31.5 Å². The minimum absolute atomic E-state index is 0.101. The maximum Gasteiger partial charge on any atom is 0.433 e. The Hall–Kier alpha value is -1.61. The van der Waals surface area contributed by atoms with Gasteiger partial charge in [0.25, 0.3) is 0 Å². The number of nitrogens with two attached hydrogens (primary N) is 1. The van der Waals surface area contributed by atoms with Crippen molar-refractivity contribution in [2.75, 3.05) is 23.5 Å². The number of aliphatic hydroxyl groups is 1. The summed E-state index contributed by atoms with van der Waals surface area (Å²) in [7, 11) is 0. The van der Waals surface area contributed by atoms with E-state index < -0.39 is 11.9 Å². The molecule has 1 aromatic heterocycles. The second-order valence-electron chi connectivity index (χ2n) is 4.58. The molecule has 0 atom stereocenters. The van der Waals surface area contributed by atoms with E-state index in [1.807, 2.05) is 5.43 Å². The molecule has 112 valence electrons. The summed E-state index contributed by atoms with van der Waals surface area (Å²) in [6.07, 6.45) is -1.81. The van der Waals surface area contributed by atoms with E-state index in [2.05, 4.69) is 9.97 Å². The lowest BCUT2D eigenvalue weighted by Crippen LogP contribution is -2.42. The molecule has 0 unspecified atom stereocenters. The molecule has 0 aliphatic heterocycles. The number of aromatic nitrogens is 2. The van der Waals surface area contributed by atoms with Gasteiger partial charge in [0.15, 0.2) is 5.69 Å². The van der Waals surface area contributed by atoms with Crippen LogP contribution in [0.1, 0.15) is 25.0 Å². The topological polar surface area (TPSA) is 87.3 Å². The summed E-state index contributed by atoms with van der Waals surface area (Å²) < 4.78 is 38.4. The summed E-state index contributed by atoms with van der Waals surface area (Å²) in [6.45, 7) is 0.0657. The number of aliphatic hydroxyl groups excluding tert-OH is 1. The molecule has 6 nitrogen and oxygen atoms in total. The Labute approximate surface area is 113 Å². The fourth-order valence-corrected chi connectivity index (χ4v) is 2.08. The van der Waals surface area contributed by atoms with E-state index in [0.29, 0.717) is 0 Å². The molecule has 0 amide bonds. The van der Waals surface area contributed by atoms with Crippen molar-refractivity contribution in [3.8, 4) is 0 Å². The van der Waals surface area contributed by atoms with E-state index in [4.69, 9.17) is 10.9 Å². The molecule has 0 radical (unpaired) electrons. The largest absolute Gasteiger partial charge is 0.433 e. The molecule has 1 saturated carbocycles. The smallest absolute Gasteiger partial charge is 0.395 e. The van der Waals surface area contributed by atoms with E-state index >= 15 is 0 Å². The second kappa shape index (κ2) is 5.80. The Kier molecular flexibility index (Phi) is 4.29. The number of nitrogens with one attached hydrogen (secondary N) is 1. The van der Waals surface area contributed by atoms with Crippen LogP contribution in [-0.4, -0.2) is 34.3 Å². The van der Waals surface area contributed by atoms with Gasteiger partial charge in [-0.05, 0) is 19.3 Å². The van der Waals surface area contributed by atoms with Crippen molar-refractivity contribution in [2.24, 2.45) is 5.84 Å². The van der Waals surface area contributed by atoms with E-state index in [0.717, 1.165) is 25.3 Å². The Morgan fingerprint density at radius 3 is 2.55 bits per heavy atom. The highest BCUT2D eigenvalue weighted by molar-refractivity contribution is 5.46. The maximum atomic E-state index is 12.8. The molecule has 1 fully saturated rings. The van der Waals surface area contributed by atoms with Gasteiger partial charge in [-0.15, -0.1) is 0 Å². The summed E-state index contributed by atoms with van der Waals surface area (Å²) >= 11 is 0. The molecule has 4 N–H and O–H groups in total. The van der Waals surface area contributed by atoms with Crippen LogP contribution in [0.2, 0.25) is 0 Å². The zero-order valence-corrected chi connectivity index (χ0v) is 10.7. The van der Waals surface area contributed by atoms with Gasteiger partial charge in [0.05, 0.1) is 6.61 Å². The first-order valence-corrected chi connectivity index (χ1v) is 6.26. The van der Waals surface area contributed by atoms with Crippen LogP contribution in [0.25, 0.3) is 0 Å². The van der Waals surface area contributed by atoms with Crippen LogP contribution in [0.5, 0.6) is 0 Å². The quantitative estimate of drug-likeness (QED) is 0.557. The first kappa shape index (κ1) is 14.8. The molecular formula is C11H16F3N5O. The monoisotopic (exact) mass is 291 g/mol. The van der Waals surface area contributed by atoms with Crippen LogP contribution in [0, 0.1) is 0 Å². The van der Waals surface area contributed by atoms with E-state index in [-0.39, 0.29) is 31.0 Å². The van der Waals surface area contributed by atoms with Crippen LogP contribution in [0.4, 0.5) is 24.9 Å². The van der Waals surface area contributed by atoms with Crippen molar-refractivity contribution >= 4 is 11.8 Å². The Morgan fingerprint density at radius 1 is 1.40 bits per heavy atom. The normalized spacial score (nSPS) is 15.8. The van der Waals surface area contributed by atoms with E-state index in [9.17, 15) is 13.2 Å². The minimum atomic E-state index is -4.58. The molecule has 0 saturated heterocycles. The summed E-state index contributed by atoms with van der Waals surface area (Å²) in [5.41, 5.74) is 0.983. The van der Waals surface area contributed by atoms with Crippen LogP contribution < -0.4 is 16.2 Å². The first-order chi connectivity index (χ1) is 9.45. The number of hydrazine groups is 1. The number of nitrogens with zero attached hydrogens (tertiary/aromatic N) is 3. The third-order valence-electron chi connectivity index (χ3n) is 3.28. The molecule has 0 bridgehead atoms. The lowest BCUT2D eigenvalue weighted by molar-refractivity contribution is -0.141. The fraction of sp³-hybridized carbons (Fsp3) is 0.636. The van der Waals surface area contributed by atoms with Crippen LogP contribution >= 0.6 is 0 Å². The Bertz CT molecular complexity index is 464. The third-order valence-corrected chi connectivity index (χ3v) is 3.28. The highest BCUT2D eigenvalue weighted by atomic mass is 19.4. The number of anilines is 2. The van der Waals surface area contributed by atoms with Crippen molar-refractivity contribution < 1.29 is 18.3 Å². The summed E-state index contributed by atoms with van der Waals surface area (Å²) in [4.78, 5) is 8.93. The Morgan fingerprint density at radius 2 is 2.10 bits per heavy atom. The second-order valence-corrected chi connectivity index (χ2v) is 4.58. The highest BCUT2D eigenvalue weighted by Crippen LogP contribution is 2.33. The first-order valence-electron chi connectivity index (χ1n) is 6.26. The summed E-state index contributed by atoms with van der Waals surface area (Å²) in [5, 5.41) is 9.07. The van der Waals surface area contributed by atoms with Gasteiger partial charge in [0.2, 0.25) is 5.95 Å². The van der Waals surface area contributed by atoms with Gasteiger partial charge in [-0.1, -0.05) is 0 Å². The molecule has 1 aliphatic rings. The lowest BCUT2D eigenvalue weighted by atomic mass is 9.91. The molecule has 20 heavy (non-hydrogen) atoms. The molecule has 1 aliphatic carbocycles. The molecule has 9 heteroatoms. The van der Waals surface area contributed by atoms with Crippen molar-refractivity contribution in [3.63, 3.8) is 0 Å². The van der Waals surface area contributed by atoms with Crippen molar-refractivity contribution in [3.05, 3.63) is 11.8 Å². The predicted octanol–water partition coefficient (Wildman–Crippen LogP) is 1.13. The highest BCUT2D eigenvalue weighted by Gasteiger charge is 2.35. The average Bonchev–Trinajstić information content (AvgIpc) is 2.34. The fourth-order valence-electron chi connectivity index (χ4n) is 2.08. The summed E-state index contributed by atoms with van der Waals surface area (Å²) in [5.74, 6) is 4.95. The zero-order valence-electron chi connectivity index (χ0n) is 10.7. The number of rotatable bonds is 5. The van der Waals surface area contributed by atoms with Crippen molar-refractivity contribution in [1.29, 1.82) is 0 Å². The van der Waals surface area contributed by atoms with E-state index in [1.54, 1.807) is 4.90 Å². The average molecular weight is 291 g/mol. The number of nitrogen functional groups attached to an aromatic ring is 1. The number of alkyl halides is 3. The lowest BCUT2D eigenvalue weighted by Gasteiger charge is -2.38. The van der Waals surface area contributed by atoms with Crippen LogP contribution in [-0.2, 0) is 6.18 Å². The van der Waals surface area contributed by atoms with E-state index in [1.165, 1.54) is 0 Å². The van der Waals surface area contributed by atoms with Gasteiger partial charge >= 0.3 is 6.18 Å². The molecule has 2 rings (SSSR count). The van der Waals surface area contributed by atoms with Gasteiger partial charge in [-0.3, -0.25) is 5.43 Å². The molecule has 0 aromatic carbocycles. The molecule has 0 spiro atoms. The van der Waals surface area contributed by atoms with Crippen molar-refractivity contribution in [1.82, 2.24) is 9.97 Å². The van der Waals surface area contributed by atoms with Gasteiger partial charge in [0, 0.05) is 18.7 Å². The van der Waals surface area contributed by atoms with Crippen LogP contribution in [0.3, 0.4) is 0 Å². The molecule has 1 heterocycles. The number of hydrogen-bond donors (Lipinski definition) is 3. The molecular weight excluding hydrogens is 275 g/mol. The minimum Gasteiger partial charge on any atom is -0.395 e. The SMILES string of the molecule is NNc1nc(N(CCO)C2CCC2)cc(C(F)(F)F)n1. The predicted molar refractivity (Wildman–Crippen MR) is 66.9 cm³/mol. The number of hydrogen-bond acceptors (Lipinski definition) is 6. The van der Waals surface area contributed by atoms with Gasteiger partial charge in [0.1, 0.15) is 5.82 Å². The summed E-state index contributed by atoms with van der Waals surface area (Å²) in [6, 6.07) is 0.984. The maximum absolute atomic E-state index is 12.8. The molecule has 1 aromatic rings.